The first-order valence-corrected chi connectivity index (χ1v) is 8.58. The monoisotopic (exact) mass is 380 g/mol. The normalized spacial score (nSPS) is 15.2. The Morgan fingerprint density at radius 1 is 1.04 bits per heavy atom. The van der Waals surface area contributed by atoms with E-state index in [4.69, 9.17) is 0 Å². The van der Waals surface area contributed by atoms with E-state index in [9.17, 15) is 14.4 Å². The van der Waals surface area contributed by atoms with Gasteiger partial charge in [0.15, 0.2) is 0 Å². The minimum atomic E-state index is -0.00988. The third kappa shape index (κ3) is 5.16. The lowest BCUT2D eigenvalue weighted by Gasteiger charge is -2.22. The number of nitrogens with zero attached hydrogens (tertiary/aromatic N) is 2. The predicted octanol–water partition coefficient (Wildman–Crippen LogP) is 2.49. The number of benzene rings is 1. The Balaban J connectivity index is 1.94. The second-order valence-electron chi connectivity index (χ2n) is 5.74. The molecule has 1 fully saturated rings. The van der Waals surface area contributed by atoms with Gasteiger partial charge in [-0.25, -0.2) is 0 Å². The Morgan fingerprint density at radius 3 is 2.43 bits per heavy atom. The van der Waals surface area contributed by atoms with Crippen LogP contribution >= 0.6 is 15.9 Å². The Kier molecular flexibility index (Phi) is 6.33. The highest BCUT2D eigenvalue weighted by Gasteiger charge is 2.22. The van der Waals surface area contributed by atoms with Crippen molar-refractivity contribution in [1.29, 1.82) is 0 Å². The Morgan fingerprint density at radius 2 is 1.74 bits per heavy atom. The number of Topliss-reactive ketones (excluding diaryl/α,β-unsaturated/α-hetero) is 1. The molecule has 2 amide bonds. The lowest BCUT2D eigenvalue weighted by molar-refractivity contribution is -0.132. The van der Waals surface area contributed by atoms with Gasteiger partial charge in [-0.05, 0) is 31.5 Å². The molecule has 2 rings (SSSR count). The molecule has 23 heavy (non-hydrogen) atoms. The molecule has 0 spiro atoms. The zero-order valence-corrected chi connectivity index (χ0v) is 14.8. The summed E-state index contributed by atoms with van der Waals surface area (Å²) in [4.78, 5) is 39.2. The van der Waals surface area contributed by atoms with Gasteiger partial charge in [0, 0.05) is 49.1 Å². The zero-order chi connectivity index (χ0) is 16.8. The molecule has 1 aromatic carbocycles. The van der Waals surface area contributed by atoms with E-state index < -0.39 is 0 Å². The molecule has 6 heteroatoms. The van der Waals surface area contributed by atoms with Gasteiger partial charge in [0.25, 0.3) is 5.91 Å². The number of halogens is 1. The Labute approximate surface area is 144 Å². The average molecular weight is 381 g/mol. The Bertz CT molecular complexity index is 603. The molecular weight excluding hydrogens is 360 g/mol. The SMILES string of the molecule is CC(=O)CCC(=O)N1CCCN(C(=O)c2cccc(Br)c2)CC1. The maximum atomic E-state index is 12.6. The molecule has 1 aromatic rings. The molecule has 0 N–H and O–H groups in total. The van der Waals surface area contributed by atoms with Crippen LogP contribution in [0.4, 0.5) is 0 Å². The summed E-state index contributed by atoms with van der Waals surface area (Å²) in [6, 6.07) is 7.33. The molecule has 0 atom stereocenters. The fourth-order valence-corrected chi connectivity index (χ4v) is 3.01. The summed E-state index contributed by atoms with van der Waals surface area (Å²) < 4.78 is 0.874. The summed E-state index contributed by atoms with van der Waals surface area (Å²) in [7, 11) is 0. The van der Waals surface area contributed by atoms with E-state index in [0.717, 1.165) is 10.9 Å². The van der Waals surface area contributed by atoms with Crippen molar-refractivity contribution in [3.05, 3.63) is 34.3 Å². The fraction of sp³-hybridized carbons (Fsp3) is 0.471. The van der Waals surface area contributed by atoms with Crippen molar-refractivity contribution in [1.82, 2.24) is 9.80 Å². The summed E-state index contributed by atoms with van der Waals surface area (Å²) in [5.74, 6) is 0.0147. The maximum Gasteiger partial charge on any atom is 0.253 e. The van der Waals surface area contributed by atoms with Crippen LogP contribution in [-0.2, 0) is 9.59 Å². The molecule has 1 saturated heterocycles. The van der Waals surface area contributed by atoms with Crippen LogP contribution in [0.25, 0.3) is 0 Å². The minimum Gasteiger partial charge on any atom is -0.341 e. The summed E-state index contributed by atoms with van der Waals surface area (Å²) in [5, 5.41) is 0. The number of amides is 2. The van der Waals surface area contributed by atoms with Crippen LogP contribution in [0, 0.1) is 0 Å². The van der Waals surface area contributed by atoms with Gasteiger partial charge in [-0.3, -0.25) is 9.59 Å². The van der Waals surface area contributed by atoms with Gasteiger partial charge < -0.3 is 14.6 Å². The highest BCUT2D eigenvalue weighted by atomic mass is 79.9. The molecule has 1 aliphatic rings. The highest BCUT2D eigenvalue weighted by Crippen LogP contribution is 2.15. The molecule has 0 bridgehead atoms. The van der Waals surface area contributed by atoms with Gasteiger partial charge in [0.1, 0.15) is 5.78 Å². The van der Waals surface area contributed by atoms with Crippen LogP contribution in [0.3, 0.4) is 0 Å². The second-order valence-corrected chi connectivity index (χ2v) is 6.65. The predicted molar refractivity (Wildman–Crippen MR) is 91.2 cm³/mol. The van der Waals surface area contributed by atoms with Gasteiger partial charge in [0.05, 0.1) is 0 Å². The third-order valence-corrected chi connectivity index (χ3v) is 4.39. The molecule has 5 nitrogen and oxygen atoms in total. The van der Waals surface area contributed by atoms with Crippen molar-refractivity contribution in [3.63, 3.8) is 0 Å². The van der Waals surface area contributed by atoms with Crippen molar-refractivity contribution in [2.24, 2.45) is 0 Å². The molecule has 0 radical (unpaired) electrons. The molecule has 1 heterocycles. The second kappa shape index (κ2) is 8.24. The first-order valence-electron chi connectivity index (χ1n) is 7.79. The molecular formula is C17H21BrN2O3. The number of rotatable bonds is 4. The summed E-state index contributed by atoms with van der Waals surface area (Å²) >= 11 is 3.38. The van der Waals surface area contributed by atoms with Crippen molar-refractivity contribution in [3.8, 4) is 0 Å². The number of carbonyl (C=O) groups is 3. The summed E-state index contributed by atoms with van der Waals surface area (Å²) in [6.07, 6.45) is 1.30. The lowest BCUT2D eigenvalue weighted by Crippen LogP contribution is -2.37. The van der Waals surface area contributed by atoms with Crippen molar-refractivity contribution >= 4 is 33.5 Å². The largest absolute Gasteiger partial charge is 0.341 e. The lowest BCUT2D eigenvalue weighted by atomic mass is 10.2. The van der Waals surface area contributed by atoms with E-state index in [0.29, 0.717) is 31.7 Å². The quantitative estimate of drug-likeness (QED) is 0.805. The number of ketones is 1. The zero-order valence-electron chi connectivity index (χ0n) is 13.3. The van der Waals surface area contributed by atoms with Crippen LogP contribution in [0.15, 0.2) is 28.7 Å². The van der Waals surface area contributed by atoms with Gasteiger partial charge in [-0.2, -0.15) is 0 Å². The molecule has 124 valence electrons. The molecule has 0 aliphatic carbocycles. The van der Waals surface area contributed by atoms with E-state index >= 15 is 0 Å². The summed E-state index contributed by atoms with van der Waals surface area (Å²) in [6.45, 7) is 3.82. The third-order valence-electron chi connectivity index (χ3n) is 3.90. The average Bonchev–Trinajstić information content (AvgIpc) is 2.78. The molecule has 1 aliphatic heterocycles. The first-order chi connectivity index (χ1) is 11.0. The van der Waals surface area contributed by atoms with Crippen molar-refractivity contribution in [2.75, 3.05) is 26.2 Å². The van der Waals surface area contributed by atoms with E-state index in [2.05, 4.69) is 15.9 Å². The van der Waals surface area contributed by atoms with Crippen molar-refractivity contribution in [2.45, 2.75) is 26.2 Å². The molecule has 0 aromatic heterocycles. The summed E-state index contributed by atoms with van der Waals surface area (Å²) in [5.41, 5.74) is 0.649. The number of carbonyl (C=O) groups excluding carboxylic acids is 3. The minimum absolute atomic E-state index is 0.00282. The van der Waals surface area contributed by atoms with Gasteiger partial charge in [-0.15, -0.1) is 0 Å². The molecule has 0 unspecified atom stereocenters. The van der Waals surface area contributed by atoms with Gasteiger partial charge in [-0.1, -0.05) is 22.0 Å². The number of hydrogen-bond acceptors (Lipinski definition) is 3. The van der Waals surface area contributed by atoms with Crippen LogP contribution in [0.5, 0.6) is 0 Å². The van der Waals surface area contributed by atoms with Gasteiger partial charge >= 0.3 is 0 Å². The van der Waals surface area contributed by atoms with Crippen LogP contribution in [0.1, 0.15) is 36.5 Å². The van der Waals surface area contributed by atoms with E-state index in [1.165, 1.54) is 6.92 Å². The van der Waals surface area contributed by atoms with Gasteiger partial charge in [0.2, 0.25) is 5.91 Å². The highest BCUT2D eigenvalue weighted by molar-refractivity contribution is 9.10. The van der Waals surface area contributed by atoms with Crippen LogP contribution < -0.4 is 0 Å². The van der Waals surface area contributed by atoms with E-state index in [1.807, 2.05) is 18.2 Å². The maximum absolute atomic E-state index is 12.6. The van der Waals surface area contributed by atoms with Crippen molar-refractivity contribution < 1.29 is 14.4 Å². The van der Waals surface area contributed by atoms with E-state index in [-0.39, 0.29) is 30.4 Å². The van der Waals surface area contributed by atoms with Crippen LogP contribution in [-0.4, -0.2) is 53.6 Å². The number of hydrogen-bond donors (Lipinski definition) is 0. The van der Waals surface area contributed by atoms with E-state index in [1.54, 1.807) is 15.9 Å². The Hall–Kier alpha value is -1.69. The van der Waals surface area contributed by atoms with Crippen LogP contribution in [0.2, 0.25) is 0 Å². The topological polar surface area (TPSA) is 57.7 Å². The first kappa shape index (κ1) is 17.7. The fourth-order valence-electron chi connectivity index (χ4n) is 2.62. The smallest absolute Gasteiger partial charge is 0.253 e. The molecule has 0 saturated carbocycles. The standard InChI is InChI=1S/C17H21BrN2O3/c1-13(21)6-7-16(22)19-8-3-9-20(11-10-19)17(23)14-4-2-5-15(18)12-14/h2,4-5,12H,3,6-11H2,1H3.